The average molecular weight is 268 g/mol. The molecule has 1 aliphatic heterocycles. The summed E-state index contributed by atoms with van der Waals surface area (Å²) in [5, 5.41) is 0. The smallest absolute Gasteiger partial charge is 0.193 e. The molecule has 0 aliphatic carbocycles. The number of ketones is 1. The van der Waals surface area contributed by atoms with E-state index in [4.69, 9.17) is 9.47 Å². The van der Waals surface area contributed by atoms with Crippen molar-refractivity contribution < 1.29 is 14.3 Å². The predicted octanol–water partition coefficient (Wildman–Crippen LogP) is 3.25. The topological polar surface area (TPSA) is 35.5 Å². The predicted molar refractivity (Wildman–Crippen MR) is 76.7 cm³/mol. The van der Waals surface area contributed by atoms with Crippen LogP contribution in [0.25, 0.3) is 0 Å². The summed E-state index contributed by atoms with van der Waals surface area (Å²) in [6.07, 6.45) is 0.840. The number of benzene rings is 2. The SMILES string of the molecule is CCc1ccccc1C(=O)c1ccc2c(c1)OCCO2. The van der Waals surface area contributed by atoms with Crippen LogP contribution in [0.4, 0.5) is 0 Å². The van der Waals surface area contributed by atoms with Gasteiger partial charge in [0.15, 0.2) is 17.3 Å². The molecule has 20 heavy (non-hydrogen) atoms. The second-order valence-electron chi connectivity index (χ2n) is 4.70. The van der Waals surface area contributed by atoms with Gasteiger partial charge in [-0.25, -0.2) is 0 Å². The summed E-state index contributed by atoms with van der Waals surface area (Å²) in [5.74, 6) is 1.38. The first-order chi connectivity index (χ1) is 9.79. The van der Waals surface area contributed by atoms with Crippen molar-refractivity contribution in [2.45, 2.75) is 13.3 Å². The van der Waals surface area contributed by atoms with Gasteiger partial charge in [-0.3, -0.25) is 4.79 Å². The molecule has 0 spiro atoms. The van der Waals surface area contributed by atoms with Crippen molar-refractivity contribution in [2.24, 2.45) is 0 Å². The first kappa shape index (κ1) is 12.7. The van der Waals surface area contributed by atoms with E-state index in [1.807, 2.05) is 24.3 Å². The van der Waals surface area contributed by atoms with Crippen molar-refractivity contribution in [1.29, 1.82) is 0 Å². The Labute approximate surface area is 118 Å². The molecule has 2 aromatic carbocycles. The molecular formula is C17H16O3. The number of fused-ring (bicyclic) bond motifs is 1. The van der Waals surface area contributed by atoms with Crippen molar-refractivity contribution in [3.63, 3.8) is 0 Å². The zero-order valence-corrected chi connectivity index (χ0v) is 11.4. The normalized spacial score (nSPS) is 13.1. The van der Waals surface area contributed by atoms with E-state index in [9.17, 15) is 4.79 Å². The van der Waals surface area contributed by atoms with E-state index in [-0.39, 0.29) is 5.78 Å². The monoisotopic (exact) mass is 268 g/mol. The first-order valence-corrected chi connectivity index (χ1v) is 6.82. The minimum Gasteiger partial charge on any atom is -0.486 e. The highest BCUT2D eigenvalue weighted by Gasteiger charge is 2.17. The molecule has 0 saturated heterocycles. The number of carbonyl (C=O) groups is 1. The maximum Gasteiger partial charge on any atom is 0.193 e. The van der Waals surface area contributed by atoms with Gasteiger partial charge in [0.1, 0.15) is 13.2 Å². The summed E-state index contributed by atoms with van der Waals surface area (Å²) in [6.45, 7) is 3.13. The van der Waals surface area contributed by atoms with Crippen LogP contribution < -0.4 is 9.47 Å². The minimum absolute atomic E-state index is 0.0272. The fourth-order valence-electron chi connectivity index (χ4n) is 2.39. The summed E-state index contributed by atoms with van der Waals surface area (Å²) in [5.41, 5.74) is 2.45. The maximum atomic E-state index is 12.6. The van der Waals surface area contributed by atoms with Crippen LogP contribution in [0.1, 0.15) is 28.4 Å². The molecule has 1 heterocycles. The van der Waals surface area contributed by atoms with Gasteiger partial charge in [0.05, 0.1) is 0 Å². The second kappa shape index (κ2) is 5.37. The zero-order chi connectivity index (χ0) is 13.9. The molecule has 1 aliphatic rings. The highest BCUT2D eigenvalue weighted by atomic mass is 16.6. The Balaban J connectivity index is 1.98. The van der Waals surface area contributed by atoms with Gasteiger partial charge in [0.25, 0.3) is 0 Å². The van der Waals surface area contributed by atoms with Crippen LogP contribution in [0.15, 0.2) is 42.5 Å². The Kier molecular flexibility index (Phi) is 3.42. The molecule has 0 unspecified atom stereocenters. The van der Waals surface area contributed by atoms with E-state index in [0.717, 1.165) is 17.5 Å². The number of rotatable bonds is 3. The molecule has 0 saturated carbocycles. The van der Waals surface area contributed by atoms with Crippen molar-refractivity contribution in [3.05, 3.63) is 59.2 Å². The summed E-state index contributed by atoms with van der Waals surface area (Å²) in [4.78, 5) is 12.6. The molecule has 2 aromatic rings. The van der Waals surface area contributed by atoms with Gasteiger partial charge < -0.3 is 9.47 Å². The molecule has 0 radical (unpaired) electrons. The number of ether oxygens (including phenoxy) is 2. The second-order valence-corrected chi connectivity index (χ2v) is 4.70. The standard InChI is InChI=1S/C17H16O3/c1-2-12-5-3-4-6-14(12)17(18)13-7-8-15-16(11-13)20-10-9-19-15/h3-8,11H,2,9-10H2,1H3. The number of carbonyl (C=O) groups excluding carboxylic acids is 1. The van der Waals surface area contributed by atoms with E-state index in [1.54, 1.807) is 18.2 Å². The first-order valence-electron chi connectivity index (χ1n) is 6.82. The maximum absolute atomic E-state index is 12.6. The van der Waals surface area contributed by atoms with Gasteiger partial charge in [-0.05, 0) is 30.2 Å². The number of hydrogen-bond donors (Lipinski definition) is 0. The van der Waals surface area contributed by atoms with Gasteiger partial charge in [-0.15, -0.1) is 0 Å². The van der Waals surface area contributed by atoms with Crippen molar-refractivity contribution >= 4 is 5.78 Å². The van der Waals surface area contributed by atoms with Crippen molar-refractivity contribution in [1.82, 2.24) is 0 Å². The lowest BCUT2D eigenvalue weighted by molar-refractivity contribution is 0.103. The van der Waals surface area contributed by atoms with Gasteiger partial charge in [-0.2, -0.15) is 0 Å². The molecule has 102 valence electrons. The summed E-state index contributed by atoms with van der Waals surface area (Å²) in [7, 11) is 0. The van der Waals surface area contributed by atoms with E-state index >= 15 is 0 Å². The molecule has 0 atom stereocenters. The molecule has 3 nitrogen and oxygen atoms in total. The third kappa shape index (κ3) is 2.27. The Morgan fingerprint density at radius 3 is 2.60 bits per heavy atom. The van der Waals surface area contributed by atoms with E-state index in [2.05, 4.69) is 6.92 Å². The van der Waals surface area contributed by atoms with Crippen molar-refractivity contribution in [3.8, 4) is 11.5 Å². The van der Waals surface area contributed by atoms with Gasteiger partial charge in [0.2, 0.25) is 0 Å². The van der Waals surface area contributed by atoms with E-state index < -0.39 is 0 Å². The largest absolute Gasteiger partial charge is 0.486 e. The molecule has 0 N–H and O–H groups in total. The molecule has 3 heteroatoms. The fraction of sp³-hybridized carbons (Fsp3) is 0.235. The Bertz CT molecular complexity index is 646. The van der Waals surface area contributed by atoms with E-state index in [1.165, 1.54) is 0 Å². The quantitative estimate of drug-likeness (QED) is 0.802. The lowest BCUT2D eigenvalue weighted by Gasteiger charge is -2.18. The summed E-state index contributed by atoms with van der Waals surface area (Å²) < 4.78 is 11.0. The third-order valence-corrected chi connectivity index (χ3v) is 3.45. The van der Waals surface area contributed by atoms with Crippen LogP contribution in [0.3, 0.4) is 0 Å². The van der Waals surface area contributed by atoms with Crippen LogP contribution in [0.5, 0.6) is 11.5 Å². The van der Waals surface area contributed by atoms with Crippen LogP contribution in [0.2, 0.25) is 0 Å². The van der Waals surface area contributed by atoms with Crippen molar-refractivity contribution in [2.75, 3.05) is 13.2 Å². The third-order valence-electron chi connectivity index (χ3n) is 3.45. The fourth-order valence-corrected chi connectivity index (χ4v) is 2.39. The lowest BCUT2D eigenvalue weighted by atomic mass is 9.97. The van der Waals surface area contributed by atoms with Crippen LogP contribution in [-0.4, -0.2) is 19.0 Å². The number of hydrogen-bond acceptors (Lipinski definition) is 3. The molecule has 3 rings (SSSR count). The summed E-state index contributed by atoms with van der Waals surface area (Å²) in [6, 6.07) is 13.1. The Hall–Kier alpha value is -2.29. The Morgan fingerprint density at radius 1 is 1.05 bits per heavy atom. The highest BCUT2D eigenvalue weighted by Crippen LogP contribution is 2.31. The lowest BCUT2D eigenvalue weighted by Crippen LogP contribution is -2.16. The zero-order valence-electron chi connectivity index (χ0n) is 11.4. The minimum atomic E-state index is 0.0272. The van der Waals surface area contributed by atoms with Crippen LogP contribution in [0, 0.1) is 0 Å². The van der Waals surface area contributed by atoms with Gasteiger partial charge in [0, 0.05) is 11.1 Å². The molecular weight excluding hydrogens is 252 g/mol. The molecule has 0 bridgehead atoms. The molecule has 0 fully saturated rings. The Morgan fingerprint density at radius 2 is 1.80 bits per heavy atom. The number of aryl methyl sites for hydroxylation is 1. The van der Waals surface area contributed by atoms with E-state index in [0.29, 0.717) is 30.3 Å². The molecule has 0 amide bonds. The average Bonchev–Trinajstić information content (AvgIpc) is 2.53. The summed E-state index contributed by atoms with van der Waals surface area (Å²) >= 11 is 0. The molecule has 0 aromatic heterocycles. The van der Waals surface area contributed by atoms with Crippen LogP contribution >= 0.6 is 0 Å². The van der Waals surface area contributed by atoms with Gasteiger partial charge in [-0.1, -0.05) is 31.2 Å². The highest BCUT2D eigenvalue weighted by molar-refractivity contribution is 6.10. The van der Waals surface area contributed by atoms with Gasteiger partial charge >= 0.3 is 0 Å². The van der Waals surface area contributed by atoms with Crippen LogP contribution in [-0.2, 0) is 6.42 Å².